The summed E-state index contributed by atoms with van der Waals surface area (Å²) in [5.41, 5.74) is 1.54. The normalized spacial score (nSPS) is 13.3. The fourth-order valence-corrected chi connectivity index (χ4v) is 3.03. The molecule has 0 saturated carbocycles. The first-order valence-corrected chi connectivity index (χ1v) is 8.75. The van der Waals surface area contributed by atoms with Crippen molar-refractivity contribution in [3.05, 3.63) is 46.9 Å². The number of carboxylic acid groups (broad SMARTS) is 1. The molecule has 1 amide bonds. The molecule has 0 atom stereocenters. The lowest BCUT2D eigenvalue weighted by Crippen LogP contribution is -2.37. The van der Waals surface area contributed by atoms with Crippen molar-refractivity contribution < 1.29 is 28.6 Å². The van der Waals surface area contributed by atoms with Gasteiger partial charge in [-0.1, -0.05) is 19.9 Å². The highest BCUT2D eigenvalue weighted by atomic mass is 16.6. The van der Waals surface area contributed by atoms with Crippen LogP contribution in [0.2, 0.25) is 0 Å². The van der Waals surface area contributed by atoms with Gasteiger partial charge in [-0.2, -0.15) is 0 Å². The monoisotopic (exact) mass is 373 g/mol. The Kier molecular flexibility index (Phi) is 5.12. The molecule has 7 heteroatoms. The lowest BCUT2D eigenvalue weighted by molar-refractivity contribution is -0.136. The van der Waals surface area contributed by atoms with Gasteiger partial charge in [-0.15, -0.1) is 0 Å². The standard InChI is InChI=1S/C20H23NO6/c1-12-10-27-16(9-17(22)23)18(12)19(24)21-11-20(2,3)13-4-5-14-15(8-13)26-7-6-25-14/h4-5,8,10H,6-7,9,11H2,1-3H3,(H,21,24)(H,22,23). The van der Waals surface area contributed by atoms with Crippen molar-refractivity contribution in [3.63, 3.8) is 0 Å². The molecule has 0 saturated heterocycles. The van der Waals surface area contributed by atoms with Crippen LogP contribution in [-0.4, -0.2) is 36.7 Å². The van der Waals surface area contributed by atoms with Crippen molar-refractivity contribution in [2.75, 3.05) is 19.8 Å². The van der Waals surface area contributed by atoms with Crippen LogP contribution in [0.15, 0.2) is 28.9 Å². The number of hydrogen-bond acceptors (Lipinski definition) is 5. The minimum atomic E-state index is -1.05. The maximum atomic E-state index is 12.6. The first kappa shape index (κ1) is 18.8. The first-order chi connectivity index (χ1) is 12.8. The SMILES string of the molecule is Cc1coc(CC(=O)O)c1C(=O)NCC(C)(C)c1ccc2c(c1)OCCO2. The predicted octanol–water partition coefficient (Wildman–Crippen LogP) is 2.69. The molecule has 0 bridgehead atoms. The summed E-state index contributed by atoms with van der Waals surface area (Å²) in [6.07, 6.45) is 1.07. The van der Waals surface area contributed by atoms with Crippen LogP contribution in [0.5, 0.6) is 11.5 Å². The average molecular weight is 373 g/mol. The first-order valence-electron chi connectivity index (χ1n) is 8.75. The molecule has 1 aromatic heterocycles. The number of aliphatic carboxylic acids is 1. The van der Waals surface area contributed by atoms with E-state index in [1.807, 2.05) is 32.0 Å². The summed E-state index contributed by atoms with van der Waals surface area (Å²) in [6, 6.07) is 5.76. The molecule has 0 unspecified atom stereocenters. The number of benzene rings is 1. The summed E-state index contributed by atoms with van der Waals surface area (Å²) >= 11 is 0. The molecular formula is C20H23NO6. The van der Waals surface area contributed by atoms with Crippen LogP contribution in [0, 0.1) is 6.92 Å². The van der Waals surface area contributed by atoms with Gasteiger partial charge in [-0.25, -0.2) is 0 Å². The van der Waals surface area contributed by atoms with E-state index in [0.29, 0.717) is 31.1 Å². The van der Waals surface area contributed by atoms with Crippen molar-refractivity contribution in [3.8, 4) is 11.5 Å². The summed E-state index contributed by atoms with van der Waals surface area (Å²) in [5, 5.41) is 11.9. The Morgan fingerprint density at radius 1 is 1.19 bits per heavy atom. The Hall–Kier alpha value is -2.96. The van der Waals surface area contributed by atoms with Crippen LogP contribution >= 0.6 is 0 Å². The van der Waals surface area contributed by atoms with Gasteiger partial charge in [0.05, 0.1) is 11.8 Å². The van der Waals surface area contributed by atoms with Crippen LogP contribution in [0.3, 0.4) is 0 Å². The topological polar surface area (TPSA) is 98.0 Å². The van der Waals surface area contributed by atoms with Crippen molar-refractivity contribution in [2.45, 2.75) is 32.6 Å². The highest BCUT2D eigenvalue weighted by Gasteiger charge is 2.26. The second-order valence-electron chi connectivity index (χ2n) is 7.21. The second kappa shape index (κ2) is 7.34. The molecule has 2 heterocycles. The fraction of sp³-hybridized carbons (Fsp3) is 0.400. The van der Waals surface area contributed by atoms with Gasteiger partial charge in [0, 0.05) is 17.5 Å². The third-order valence-corrected chi connectivity index (χ3v) is 4.60. The van der Waals surface area contributed by atoms with Crippen LogP contribution in [0.4, 0.5) is 0 Å². The quantitative estimate of drug-likeness (QED) is 0.808. The molecule has 1 aliphatic heterocycles. The molecule has 2 N–H and O–H groups in total. The number of fused-ring (bicyclic) bond motifs is 1. The van der Waals surface area contributed by atoms with Crippen LogP contribution < -0.4 is 14.8 Å². The number of hydrogen-bond donors (Lipinski definition) is 2. The molecular weight excluding hydrogens is 350 g/mol. The van der Waals surface area contributed by atoms with Gasteiger partial charge in [-0.3, -0.25) is 9.59 Å². The van der Waals surface area contributed by atoms with E-state index in [9.17, 15) is 9.59 Å². The van der Waals surface area contributed by atoms with Gasteiger partial charge in [0.1, 0.15) is 25.4 Å². The second-order valence-corrected chi connectivity index (χ2v) is 7.21. The summed E-state index contributed by atoms with van der Waals surface area (Å²) in [7, 11) is 0. The number of carbonyl (C=O) groups is 2. The maximum absolute atomic E-state index is 12.6. The number of furan rings is 1. The zero-order valence-corrected chi connectivity index (χ0v) is 15.6. The zero-order valence-electron chi connectivity index (χ0n) is 15.6. The summed E-state index contributed by atoms with van der Waals surface area (Å²) < 4.78 is 16.4. The molecule has 7 nitrogen and oxygen atoms in total. The molecule has 1 aromatic carbocycles. The van der Waals surface area contributed by atoms with Crippen LogP contribution in [0.25, 0.3) is 0 Å². The molecule has 0 spiro atoms. The van der Waals surface area contributed by atoms with E-state index < -0.39 is 5.97 Å². The van der Waals surface area contributed by atoms with Gasteiger partial charge in [-0.05, 0) is 24.6 Å². The number of nitrogens with one attached hydrogen (secondary N) is 1. The van der Waals surface area contributed by atoms with E-state index in [2.05, 4.69) is 5.32 Å². The van der Waals surface area contributed by atoms with E-state index in [0.717, 1.165) is 11.3 Å². The van der Waals surface area contributed by atoms with E-state index >= 15 is 0 Å². The minimum Gasteiger partial charge on any atom is -0.486 e. The van der Waals surface area contributed by atoms with Gasteiger partial charge < -0.3 is 24.3 Å². The van der Waals surface area contributed by atoms with Gasteiger partial charge in [0.2, 0.25) is 0 Å². The Bertz CT molecular complexity index is 867. The van der Waals surface area contributed by atoms with E-state index in [-0.39, 0.29) is 29.1 Å². The summed E-state index contributed by atoms with van der Waals surface area (Å²) in [4.78, 5) is 23.6. The van der Waals surface area contributed by atoms with Crippen LogP contribution in [0.1, 0.15) is 41.1 Å². The molecule has 2 aromatic rings. The Morgan fingerprint density at radius 2 is 1.89 bits per heavy atom. The molecule has 27 heavy (non-hydrogen) atoms. The van der Waals surface area contributed by atoms with Gasteiger partial charge >= 0.3 is 5.97 Å². The van der Waals surface area contributed by atoms with E-state index in [1.54, 1.807) is 6.92 Å². The number of amides is 1. The Balaban J connectivity index is 1.73. The van der Waals surface area contributed by atoms with E-state index in [1.165, 1.54) is 6.26 Å². The number of aryl methyl sites for hydroxylation is 1. The summed E-state index contributed by atoms with van der Waals surface area (Å²) in [6.45, 7) is 7.16. The molecule has 0 aliphatic carbocycles. The molecule has 144 valence electrons. The van der Waals surface area contributed by atoms with Crippen molar-refractivity contribution >= 4 is 11.9 Å². The summed E-state index contributed by atoms with van der Waals surface area (Å²) in [5.74, 6) is 0.192. The lowest BCUT2D eigenvalue weighted by Gasteiger charge is -2.28. The number of rotatable bonds is 6. The fourth-order valence-electron chi connectivity index (χ4n) is 3.03. The average Bonchev–Trinajstić information content (AvgIpc) is 2.99. The zero-order chi connectivity index (χ0) is 19.6. The maximum Gasteiger partial charge on any atom is 0.311 e. The minimum absolute atomic E-state index is 0.162. The number of ether oxygens (including phenoxy) is 2. The van der Waals surface area contributed by atoms with Crippen molar-refractivity contribution in [2.24, 2.45) is 0 Å². The van der Waals surface area contributed by atoms with Crippen molar-refractivity contribution in [1.82, 2.24) is 5.32 Å². The lowest BCUT2D eigenvalue weighted by atomic mass is 9.84. The number of carboxylic acids is 1. The molecule has 1 aliphatic rings. The van der Waals surface area contributed by atoms with E-state index in [4.69, 9.17) is 19.0 Å². The third-order valence-electron chi connectivity index (χ3n) is 4.60. The highest BCUT2D eigenvalue weighted by molar-refractivity contribution is 5.97. The molecule has 0 fully saturated rings. The predicted molar refractivity (Wildman–Crippen MR) is 97.6 cm³/mol. The Labute approximate surface area is 157 Å². The van der Waals surface area contributed by atoms with Gasteiger partial charge in [0.15, 0.2) is 11.5 Å². The van der Waals surface area contributed by atoms with Crippen LogP contribution in [-0.2, 0) is 16.6 Å². The highest BCUT2D eigenvalue weighted by Crippen LogP contribution is 2.35. The smallest absolute Gasteiger partial charge is 0.311 e. The molecule has 3 rings (SSSR count). The Morgan fingerprint density at radius 3 is 2.59 bits per heavy atom. The van der Waals surface area contributed by atoms with Gasteiger partial charge in [0.25, 0.3) is 5.91 Å². The third kappa shape index (κ3) is 4.07. The largest absolute Gasteiger partial charge is 0.486 e. The van der Waals surface area contributed by atoms with Crippen molar-refractivity contribution in [1.29, 1.82) is 0 Å². The number of carbonyl (C=O) groups excluding carboxylic acids is 1. The molecule has 0 radical (unpaired) electrons.